The van der Waals surface area contributed by atoms with Crippen LogP contribution in [0.25, 0.3) is 0 Å². The van der Waals surface area contributed by atoms with Crippen molar-refractivity contribution in [3.63, 3.8) is 0 Å². The predicted molar refractivity (Wildman–Crippen MR) is 76.0 cm³/mol. The highest BCUT2D eigenvalue weighted by atomic mass is 32.2. The molecule has 1 fully saturated rings. The molecule has 1 amide bonds. The predicted octanol–water partition coefficient (Wildman–Crippen LogP) is 1.05. The second-order valence-electron chi connectivity index (χ2n) is 4.31. The molecule has 1 aromatic heterocycles. The molecule has 2 rings (SSSR count). The lowest BCUT2D eigenvalue weighted by Crippen LogP contribution is -2.38. The Morgan fingerprint density at radius 2 is 2.47 bits per heavy atom. The van der Waals surface area contributed by atoms with Gasteiger partial charge in [0.1, 0.15) is 6.61 Å². The maximum atomic E-state index is 12.1. The molecule has 1 aromatic rings. The minimum absolute atomic E-state index is 0.104. The van der Waals surface area contributed by atoms with E-state index in [2.05, 4.69) is 22.1 Å². The number of aliphatic hydroxyl groups excluding tert-OH is 1. The maximum Gasteiger partial charge on any atom is 0.253 e. The molecule has 0 aromatic carbocycles. The third-order valence-electron chi connectivity index (χ3n) is 2.81. The first kappa shape index (κ1) is 13.9. The van der Waals surface area contributed by atoms with E-state index in [0.717, 1.165) is 18.6 Å². The van der Waals surface area contributed by atoms with Crippen molar-refractivity contribution in [2.75, 3.05) is 18.1 Å². The highest BCUT2D eigenvalue weighted by Gasteiger charge is 2.17. The van der Waals surface area contributed by atoms with Gasteiger partial charge in [-0.05, 0) is 24.7 Å². The van der Waals surface area contributed by atoms with E-state index in [1.165, 1.54) is 11.9 Å². The van der Waals surface area contributed by atoms with Gasteiger partial charge in [0.2, 0.25) is 0 Å². The van der Waals surface area contributed by atoms with Crippen LogP contribution in [0.15, 0.2) is 18.5 Å². The second-order valence-corrected chi connectivity index (χ2v) is 5.46. The summed E-state index contributed by atoms with van der Waals surface area (Å²) in [5.41, 5.74) is 1.15. The lowest BCUT2D eigenvalue weighted by Gasteiger charge is -2.22. The van der Waals surface area contributed by atoms with Crippen molar-refractivity contribution in [2.45, 2.75) is 18.9 Å². The molecule has 2 N–H and O–H groups in total. The van der Waals surface area contributed by atoms with Gasteiger partial charge >= 0.3 is 0 Å². The van der Waals surface area contributed by atoms with Crippen LogP contribution in [0.2, 0.25) is 0 Å². The molecule has 0 spiro atoms. The molecule has 1 saturated heterocycles. The van der Waals surface area contributed by atoms with E-state index in [-0.39, 0.29) is 18.6 Å². The van der Waals surface area contributed by atoms with Crippen LogP contribution in [0.5, 0.6) is 0 Å². The summed E-state index contributed by atoms with van der Waals surface area (Å²) in [6, 6.07) is 1.94. The van der Waals surface area contributed by atoms with Crippen LogP contribution >= 0.6 is 11.8 Å². The standard InChI is InChI=1S/C14H16N2O2S/c17-5-1-3-11-7-12(9-15-8-11)14(18)16-13-4-2-6-19-10-13/h7-9,13,17H,2,4-6,10H2,(H,16,18). The largest absolute Gasteiger partial charge is 0.384 e. The van der Waals surface area contributed by atoms with E-state index in [1.54, 1.807) is 12.3 Å². The van der Waals surface area contributed by atoms with Crippen LogP contribution in [-0.4, -0.2) is 40.2 Å². The van der Waals surface area contributed by atoms with Gasteiger partial charge in [-0.25, -0.2) is 0 Å². The first-order valence-electron chi connectivity index (χ1n) is 6.23. The van der Waals surface area contributed by atoms with Crippen molar-refractivity contribution in [3.8, 4) is 11.8 Å². The van der Waals surface area contributed by atoms with Gasteiger partial charge in [0, 0.05) is 29.8 Å². The molecule has 1 aliphatic rings. The fraction of sp³-hybridized carbons (Fsp3) is 0.429. The van der Waals surface area contributed by atoms with E-state index in [1.807, 2.05) is 11.8 Å². The Morgan fingerprint density at radius 1 is 1.58 bits per heavy atom. The number of hydrogen-bond donors (Lipinski definition) is 2. The Kier molecular flexibility index (Phi) is 5.25. The topological polar surface area (TPSA) is 62.2 Å². The summed E-state index contributed by atoms with van der Waals surface area (Å²) < 4.78 is 0. The number of amides is 1. The molecule has 4 nitrogen and oxygen atoms in total. The van der Waals surface area contributed by atoms with Crippen molar-refractivity contribution in [2.24, 2.45) is 0 Å². The van der Waals surface area contributed by atoms with E-state index in [9.17, 15) is 4.79 Å². The van der Waals surface area contributed by atoms with Gasteiger partial charge in [0.15, 0.2) is 0 Å². The second kappa shape index (κ2) is 7.17. The van der Waals surface area contributed by atoms with Gasteiger partial charge in [-0.2, -0.15) is 11.8 Å². The van der Waals surface area contributed by atoms with Gasteiger partial charge in [-0.3, -0.25) is 9.78 Å². The van der Waals surface area contributed by atoms with Crippen molar-refractivity contribution in [3.05, 3.63) is 29.6 Å². The average molecular weight is 276 g/mol. The van der Waals surface area contributed by atoms with Gasteiger partial charge in [-0.1, -0.05) is 11.8 Å². The Labute approximate surface area is 117 Å². The monoisotopic (exact) mass is 276 g/mol. The number of nitrogens with one attached hydrogen (secondary N) is 1. The summed E-state index contributed by atoms with van der Waals surface area (Å²) in [7, 11) is 0. The Bertz CT molecular complexity index is 502. The number of aromatic nitrogens is 1. The van der Waals surface area contributed by atoms with Crippen LogP contribution in [0.3, 0.4) is 0 Å². The summed E-state index contributed by atoms with van der Waals surface area (Å²) in [5, 5.41) is 11.7. The summed E-state index contributed by atoms with van der Waals surface area (Å²) in [6.45, 7) is -0.199. The van der Waals surface area contributed by atoms with Gasteiger partial charge in [0.25, 0.3) is 5.91 Å². The fourth-order valence-electron chi connectivity index (χ4n) is 1.90. The zero-order valence-electron chi connectivity index (χ0n) is 10.6. The third kappa shape index (κ3) is 4.27. The number of nitrogens with zero attached hydrogens (tertiary/aromatic N) is 1. The number of pyridine rings is 1. The minimum atomic E-state index is -0.199. The molecule has 0 aliphatic carbocycles. The van der Waals surface area contributed by atoms with E-state index >= 15 is 0 Å². The first-order chi connectivity index (χ1) is 9.29. The van der Waals surface area contributed by atoms with Crippen LogP contribution in [0.1, 0.15) is 28.8 Å². The van der Waals surface area contributed by atoms with Crippen LogP contribution < -0.4 is 5.32 Å². The number of hydrogen-bond acceptors (Lipinski definition) is 4. The molecule has 0 saturated carbocycles. The fourth-order valence-corrected chi connectivity index (χ4v) is 2.97. The molecule has 5 heteroatoms. The highest BCUT2D eigenvalue weighted by molar-refractivity contribution is 7.99. The summed E-state index contributed by atoms with van der Waals surface area (Å²) in [6.07, 6.45) is 5.30. The molecular formula is C14H16N2O2S. The van der Waals surface area contributed by atoms with Gasteiger partial charge < -0.3 is 10.4 Å². The van der Waals surface area contributed by atoms with E-state index < -0.39 is 0 Å². The number of rotatable bonds is 2. The molecule has 1 atom stereocenters. The van der Waals surface area contributed by atoms with Crippen LogP contribution in [-0.2, 0) is 0 Å². The number of aliphatic hydroxyl groups is 1. The Balaban J connectivity index is 2.01. The highest BCUT2D eigenvalue weighted by Crippen LogP contribution is 2.17. The van der Waals surface area contributed by atoms with Crippen molar-refractivity contribution in [1.29, 1.82) is 0 Å². The summed E-state index contributed by atoms with van der Waals surface area (Å²) >= 11 is 1.87. The number of carbonyl (C=O) groups excluding carboxylic acids is 1. The number of carbonyl (C=O) groups is 1. The van der Waals surface area contributed by atoms with Crippen molar-refractivity contribution < 1.29 is 9.90 Å². The zero-order valence-corrected chi connectivity index (χ0v) is 11.4. The maximum absolute atomic E-state index is 12.1. The Hall–Kier alpha value is -1.51. The lowest BCUT2D eigenvalue weighted by atomic mass is 10.1. The molecule has 0 radical (unpaired) electrons. The SMILES string of the molecule is O=C(NC1CCCSC1)c1cncc(C#CCO)c1. The summed E-state index contributed by atoms with van der Waals surface area (Å²) in [5.74, 6) is 7.34. The molecule has 0 bridgehead atoms. The van der Waals surface area contributed by atoms with E-state index in [4.69, 9.17) is 5.11 Å². The molecule has 1 unspecified atom stereocenters. The van der Waals surface area contributed by atoms with Gasteiger partial charge in [0.05, 0.1) is 5.56 Å². The average Bonchev–Trinajstić information content (AvgIpc) is 2.46. The zero-order chi connectivity index (χ0) is 13.5. The third-order valence-corrected chi connectivity index (χ3v) is 4.02. The normalized spacial score (nSPS) is 18.3. The lowest BCUT2D eigenvalue weighted by molar-refractivity contribution is 0.0938. The van der Waals surface area contributed by atoms with Crippen LogP contribution in [0.4, 0.5) is 0 Å². The molecule has 2 heterocycles. The van der Waals surface area contributed by atoms with Crippen molar-refractivity contribution in [1.82, 2.24) is 10.3 Å². The molecular weight excluding hydrogens is 260 g/mol. The van der Waals surface area contributed by atoms with Crippen LogP contribution in [0, 0.1) is 11.8 Å². The Morgan fingerprint density at radius 3 is 3.21 bits per heavy atom. The molecule has 19 heavy (non-hydrogen) atoms. The summed E-state index contributed by atoms with van der Waals surface area (Å²) in [4.78, 5) is 16.1. The van der Waals surface area contributed by atoms with E-state index in [0.29, 0.717) is 11.1 Å². The number of thioether (sulfide) groups is 1. The smallest absolute Gasteiger partial charge is 0.253 e. The molecule has 1 aliphatic heterocycles. The molecule has 100 valence electrons. The quantitative estimate of drug-likeness (QED) is 0.793. The van der Waals surface area contributed by atoms with Gasteiger partial charge in [-0.15, -0.1) is 0 Å². The first-order valence-corrected chi connectivity index (χ1v) is 7.38. The minimum Gasteiger partial charge on any atom is -0.384 e. The van der Waals surface area contributed by atoms with Crippen molar-refractivity contribution >= 4 is 17.7 Å².